The number of nitro benzene ring substituents is 1. The monoisotopic (exact) mass is 407 g/mol. The topological polar surface area (TPSA) is 97.3 Å². The molecule has 0 radical (unpaired) electrons. The van der Waals surface area contributed by atoms with E-state index in [1.165, 1.54) is 18.3 Å². The number of para-hydroxylation sites is 3. The third-order valence-corrected chi connectivity index (χ3v) is 4.62. The van der Waals surface area contributed by atoms with E-state index in [0.717, 1.165) is 0 Å². The van der Waals surface area contributed by atoms with Crippen molar-refractivity contribution < 1.29 is 14.5 Å². The van der Waals surface area contributed by atoms with Gasteiger partial charge in [0.15, 0.2) is 5.75 Å². The molecule has 1 amide bonds. The third kappa shape index (κ3) is 3.76. The average molecular weight is 408 g/mol. The number of nitrogens with zero attached hydrogens (tertiary/aromatic N) is 1. The number of hydrogen-bond donors (Lipinski definition) is 2. The van der Waals surface area contributed by atoms with Gasteiger partial charge in [-0.05, 0) is 30.3 Å². The van der Waals surface area contributed by atoms with Crippen molar-refractivity contribution in [3.05, 3.63) is 93.6 Å². The highest BCUT2D eigenvalue weighted by molar-refractivity contribution is 6.32. The smallest absolute Gasteiger partial charge is 0.270 e. The molecule has 0 bridgehead atoms. The number of non-ortho nitro benzene ring substituents is 1. The van der Waals surface area contributed by atoms with E-state index in [9.17, 15) is 14.9 Å². The molecule has 0 atom stereocenters. The van der Waals surface area contributed by atoms with Gasteiger partial charge < -0.3 is 15.0 Å². The van der Waals surface area contributed by atoms with Crippen LogP contribution in [0.15, 0.2) is 72.9 Å². The van der Waals surface area contributed by atoms with Crippen molar-refractivity contribution in [3.63, 3.8) is 0 Å². The molecule has 3 aromatic carbocycles. The number of benzene rings is 3. The highest BCUT2D eigenvalue weighted by Crippen LogP contribution is 2.34. The predicted molar refractivity (Wildman–Crippen MR) is 111 cm³/mol. The van der Waals surface area contributed by atoms with Crippen LogP contribution in [-0.2, 0) is 0 Å². The first-order chi connectivity index (χ1) is 14.0. The summed E-state index contributed by atoms with van der Waals surface area (Å²) in [6, 6.07) is 18.3. The van der Waals surface area contributed by atoms with E-state index in [1.807, 2.05) is 0 Å². The number of anilines is 1. The van der Waals surface area contributed by atoms with E-state index in [2.05, 4.69) is 10.3 Å². The Kier molecular flexibility index (Phi) is 4.88. The molecule has 0 unspecified atom stereocenters. The fourth-order valence-corrected chi connectivity index (χ4v) is 3.08. The van der Waals surface area contributed by atoms with Crippen LogP contribution in [0.3, 0.4) is 0 Å². The zero-order chi connectivity index (χ0) is 20.4. The number of nitrogens with one attached hydrogen (secondary N) is 2. The molecular weight excluding hydrogens is 394 g/mol. The van der Waals surface area contributed by atoms with Crippen molar-refractivity contribution in [2.24, 2.45) is 0 Å². The number of rotatable bonds is 5. The Hall–Kier alpha value is -3.84. The van der Waals surface area contributed by atoms with E-state index >= 15 is 0 Å². The number of fused-ring (bicyclic) bond motifs is 1. The van der Waals surface area contributed by atoms with Crippen LogP contribution in [-0.4, -0.2) is 15.8 Å². The van der Waals surface area contributed by atoms with E-state index in [-0.39, 0.29) is 11.3 Å². The maximum atomic E-state index is 12.9. The molecule has 0 fully saturated rings. The van der Waals surface area contributed by atoms with E-state index in [0.29, 0.717) is 33.1 Å². The van der Waals surface area contributed by atoms with Crippen molar-refractivity contribution in [2.45, 2.75) is 0 Å². The Morgan fingerprint density at radius 2 is 1.76 bits per heavy atom. The van der Waals surface area contributed by atoms with Crippen LogP contribution in [0.1, 0.15) is 10.4 Å². The van der Waals surface area contributed by atoms with Gasteiger partial charge in [-0.25, -0.2) is 0 Å². The Morgan fingerprint density at radius 1 is 1.03 bits per heavy atom. The Labute approximate surface area is 170 Å². The number of nitro groups is 1. The lowest BCUT2D eigenvalue weighted by atomic mass is 10.1. The summed E-state index contributed by atoms with van der Waals surface area (Å²) >= 11 is 6.15. The molecular formula is C21H14ClN3O4. The number of ether oxygens (including phenoxy) is 1. The minimum atomic E-state index is -0.499. The van der Waals surface area contributed by atoms with Crippen LogP contribution in [0.25, 0.3) is 10.9 Å². The molecule has 1 heterocycles. The summed E-state index contributed by atoms with van der Waals surface area (Å²) in [4.78, 5) is 26.4. The highest BCUT2D eigenvalue weighted by atomic mass is 35.5. The van der Waals surface area contributed by atoms with Crippen molar-refractivity contribution in [3.8, 4) is 11.5 Å². The first-order valence-corrected chi connectivity index (χ1v) is 8.99. The number of aromatic nitrogens is 1. The number of carbonyl (C=O) groups is 1. The normalized spacial score (nSPS) is 10.7. The van der Waals surface area contributed by atoms with Crippen LogP contribution in [0.2, 0.25) is 5.02 Å². The lowest BCUT2D eigenvalue weighted by Crippen LogP contribution is -2.12. The van der Waals surface area contributed by atoms with Crippen molar-refractivity contribution >= 4 is 39.8 Å². The highest BCUT2D eigenvalue weighted by Gasteiger charge is 2.17. The molecule has 144 valence electrons. The molecule has 0 saturated carbocycles. The second kappa shape index (κ2) is 7.65. The number of halogens is 1. The van der Waals surface area contributed by atoms with Gasteiger partial charge in [-0.15, -0.1) is 0 Å². The fraction of sp³-hybridized carbons (Fsp3) is 0. The SMILES string of the molecule is O=C(Nc1ccccc1Oc1ccccc1Cl)c1c[nH]c2ccc([N+](=O)[O-])cc12. The van der Waals surface area contributed by atoms with E-state index in [4.69, 9.17) is 16.3 Å². The summed E-state index contributed by atoms with van der Waals surface area (Å²) in [5.41, 5.74) is 1.27. The molecule has 0 saturated heterocycles. The van der Waals surface area contributed by atoms with Gasteiger partial charge in [0.1, 0.15) is 5.75 Å². The van der Waals surface area contributed by atoms with Crippen LogP contribution >= 0.6 is 11.6 Å². The molecule has 0 spiro atoms. The van der Waals surface area contributed by atoms with Crippen LogP contribution in [0, 0.1) is 10.1 Å². The third-order valence-electron chi connectivity index (χ3n) is 4.31. The van der Waals surface area contributed by atoms with Gasteiger partial charge in [-0.3, -0.25) is 14.9 Å². The van der Waals surface area contributed by atoms with E-state index in [1.54, 1.807) is 54.6 Å². The second-order valence-corrected chi connectivity index (χ2v) is 6.58. The summed E-state index contributed by atoms with van der Waals surface area (Å²) in [5.74, 6) is 0.449. The quantitative estimate of drug-likeness (QED) is 0.324. The maximum absolute atomic E-state index is 12.9. The second-order valence-electron chi connectivity index (χ2n) is 6.17. The van der Waals surface area contributed by atoms with Crippen LogP contribution in [0.4, 0.5) is 11.4 Å². The van der Waals surface area contributed by atoms with Gasteiger partial charge in [0.25, 0.3) is 11.6 Å². The number of carbonyl (C=O) groups excluding carboxylic acids is 1. The minimum absolute atomic E-state index is 0.0893. The molecule has 29 heavy (non-hydrogen) atoms. The average Bonchev–Trinajstić information content (AvgIpc) is 3.14. The van der Waals surface area contributed by atoms with Gasteiger partial charge in [-0.1, -0.05) is 35.9 Å². The van der Waals surface area contributed by atoms with Crippen molar-refractivity contribution in [1.29, 1.82) is 0 Å². The molecule has 4 aromatic rings. The summed E-state index contributed by atoms with van der Waals surface area (Å²) in [6.45, 7) is 0. The number of amides is 1. The summed E-state index contributed by atoms with van der Waals surface area (Å²) < 4.78 is 5.85. The lowest BCUT2D eigenvalue weighted by Gasteiger charge is -2.13. The molecule has 8 heteroatoms. The molecule has 4 rings (SSSR count). The van der Waals surface area contributed by atoms with Gasteiger partial charge in [0.05, 0.1) is 21.2 Å². The first-order valence-electron chi connectivity index (χ1n) is 8.61. The van der Waals surface area contributed by atoms with Gasteiger partial charge in [-0.2, -0.15) is 0 Å². The standard InChI is InChI=1S/C21H14ClN3O4/c22-16-5-1-3-7-19(16)29-20-8-4-2-6-18(20)24-21(26)15-12-23-17-10-9-13(25(27)28)11-14(15)17/h1-12,23H,(H,24,26). The Balaban J connectivity index is 1.64. The largest absolute Gasteiger partial charge is 0.454 e. The summed E-state index contributed by atoms with van der Waals surface area (Å²) in [5, 5.41) is 14.8. The fourth-order valence-electron chi connectivity index (χ4n) is 2.90. The minimum Gasteiger partial charge on any atom is -0.454 e. The molecule has 1 aromatic heterocycles. The van der Waals surface area contributed by atoms with Crippen LogP contribution in [0.5, 0.6) is 11.5 Å². The zero-order valence-corrected chi connectivity index (χ0v) is 15.6. The van der Waals surface area contributed by atoms with Crippen LogP contribution < -0.4 is 10.1 Å². The summed E-state index contributed by atoms with van der Waals surface area (Å²) in [6.07, 6.45) is 1.52. The van der Waals surface area contributed by atoms with Crippen molar-refractivity contribution in [2.75, 3.05) is 5.32 Å². The predicted octanol–water partition coefficient (Wildman–Crippen LogP) is 5.77. The molecule has 0 aliphatic heterocycles. The van der Waals surface area contributed by atoms with E-state index < -0.39 is 10.8 Å². The first kappa shape index (κ1) is 18.5. The van der Waals surface area contributed by atoms with Gasteiger partial charge in [0, 0.05) is 29.2 Å². The number of hydrogen-bond acceptors (Lipinski definition) is 4. The molecule has 0 aliphatic carbocycles. The number of H-pyrrole nitrogens is 1. The molecule has 7 nitrogen and oxygen atoms in total. The zero-order valence-electron chi connectivity index (χ0n) is 14.9. The van der Waals surface area contributed by atoms with Gasteiger partial charge >= 0.3 is 0 Å². The summed E-state index contributed by atoms with van der Waals surface area (Å²) in [7, 11) is 0. The molecule has 2 N–H and O–H groups in total. The van der Waals surface area contributed by atoms with Crippen molar-refractivity contribution in [1.82, 2.24) is 4.98 Å². The molecule has 0 aliphatic rings. The Morgan fingerprint density at radius 3 is 2.52 bits per heavy atom. The van der Waals surface area contributed by atoms with Gasteiger partial charge in [0.2, 0.25) is 0 Å². The Bertz CT molecular complexity index is 1240. The lowest BCUT2D eigenvalue weighted by molar-refractivity contribution is -0.384. The number of aromatic amines is 1. The maximum Gasteiger partial charge on any atom is 0.270 e.